The number of amides is 1. The van der Waals surface area contributed by atoms with Gasteiger partial charge in [0.15, 0.2) is 0 Å². The predicted molar refractivity (Wildman–Crippen MR) is 81.6 cm³/mol. The molecule has 0 fully saturated rings. The van der Waals surface area contributed by atoms with Crippen molar-refractivity contribution in [1.82, 2.24) is 4.90 Å². The van der Waals surface area contributed by atoms with Crippen LogP contribution in [0.25, 0.3) is 0 Å². The molecule has 1 aromatic rings. The van der Waals surface area contributed by atoms with E-state index >= 15 is 0 Å². The van der Waals surface area contributed by atoms with Gasteiger partial charge in [-0.05, 0) is 32.0 Å². The van der Waals surface area contributed by atoms with Crippen LogP contribution in [0.5, 0.6) is 0 Å². The van der Waals surface area contributed by atoms with Crippen molar-refractivity contribution < 1.29 is 4.79 Å². The quantitative estimate of drug-likeness (QED) is 0.654. The van der Waals surface area contributed by atoms with Crippen LogP contribution in [-0.4, -0.2) is 38.0 Å². The Kier molecular flexibility index (Phi) is 4.98. The highest BCUT2D eigenvalue weighted by Gasteiger charge is 2.18. The number of hydrogen-bond donors (Lipinski definition) is 1. The van der Waals surface area contributed by atoms with Crippen molar-refractivity contribution in [2.45, 2.75) is 13.8 Å². The van der Waals surface area contributed by atoms with Crippen molar-refractivity contribution in [2.75, 3.05) is 37.8 Å². The maximum Gasteiger partial charge on any atom is 0.256 e. The molecule has 104 valence electrons. The van der Waals surface area contributed by atoms with Crippen LogP contribution in [0.4, 0.5) is 11.4 Å². The average molecular weight is 261 g/mol. The molecule has 1 aromatic carbocycles. The summed E-state index contributed by atoms with van der Waals surface area (Å²) in [5.41, 5.74) is 8.87. The minimum absolute atomic E-state index is 0.0125. The van der Waals surface area contributed by atoms with Gasteiger partial charge in [0.1, 0.15) is 0 Å². The molecular formula is C15H23N3O. The fraction of sp³-hybridized carbons (Fsp3) is 0.400. The summed E-state index contributed by atoms with van der Waals surface area (Å²) in [5.74, 6) is -0.0125. The largest absolute Gasteiger partial charge is 0.399 e. The van der Waals surface area contributed by atoms with Crippen LogP contribution in [0.1, 0.15) is 24.2 Å². The second kappa shape index (κ2) is 6.27. The fourth-order valence-electron chi connectivity index (χ4n) is 1.94. The van der Waals surface area contributed by atoms with Crippen LogP contribution in [0.3, 0.4) is 0 Å². The number of carbonyl (C=O) groups is 1. The number of rotatable bonds is 5. The van der Waals surface area contributed by atoms with Crippen LogP contribution in [0, 0.1) is 0 Å². The number of nitrogens with zero attached hydrogens (tertiary/aromatic N) is 2. The van der Waals surface area contributed by atoms with Gasteiger partial charge in [0.05, 0.1) is 5.56 Å². The molecule has 0 spiro atoms. The van der Waals surface area contributed by atoms with Gasteiger partial charge in [0, 0.05) is 38.6 Å². The predicted octanol–water partition coefficient (Wildman–Crippen LogP) is 2.37. The Morgan fingerprint density at radius 2 is 2.00 bits per heavy atom. The SMILES string of the molecule is C=C(C)CN(CC)C(=O)c1cc(N)ccc1N(C)C. The lowest BCUT2D eigenvalue weighted by Crippen LogP contribution is -2.33. The summed E-state index contributed by atoms with van der Waals surface area (Å²) < 4.78 is 0. The highest BCUT2D eigenvalue weighted by atomic mass is 16.2. The van der Waals surface area contributed by atoms with Gasteiger partial charge >= 0.3 is 0 Å². The highest BCUT2D eigenvalue weighted by Crippen LogP contribution is 2.23. The van der Waals surface area contributed by atoms with Gasteiger partial charge in [-0.2, -0.15) is 0 Å². The lowest BCUT2D eigenvalue weighted by molar-refractivity contribution is 0.0779. The molecule has 4 heteroatoms. The van der Waals surface area contributed by atoms with E-state index in [4.69, 9.17) is 5.73 Å². The van der Waals surface area contributed by atoms with Gasteiger partial charge in [-0.15, -0.1) is 0 Å². The van der Waals surface area contributed by atoms with E-state index in [1.807, 2.05) is 38.9 Å². The van der Waals surface area contributed by atoms with Crippen LogP contribution in [0.15, 0.2) is 30.4 Å². The average Bonchev–Trinajstić information content (AvgIpc) is 2.34. The molecule has 0 aliphatic heterocycles. The van der Waals surface area contributed by atoms with E-state index in [2.05, 4.69) is 6.58 Å². The molecule has 0 saturated carbocycles. The summed E-state index contributed by atoms with van der Waals surface area (Å²) in [4.78, 5) is 16.3. The Bertz CT molecular complexity index is 480. The third-order valence-corrected chi connectivity index (χ3v) is 2.86. The van der Waals surface area contributed by atoms with Crippen molar-refractivity contribution >= 4 is 17.3 Å². The van der Waals surface area contributed by atoms with E-state index in [1.54, 1.807) is 17.0 Å². The van der Waals surface area contributed by atoms with Crippen LogP contribution in [-0.2, 0) is 0 Å². The van der Waals surface area contributed by atoms with Crippen LogP contribution >= 0.6 is 0 Å². The third-order valence-electron chi connectivity index (χ3n) is 2.86. The summed E-state index contributed by atoms with van der Waals surface area (Å²) in [5, 5.41) is 0. The molecule has 0 saturated heterocycles. The van der Waals surface area contributed by atoms with Crippen molar-refractivity contribution in [3.8, 4) is 0 Å². The van der Waals surface area contributed by atoms with Gasteiger partial charge < -0.3 is 15.5 Å². The van der Waals surface area contributed by atoms with Crippen molar-refractivity contribution in [3.05, 3.63) is 35.9 Å². The molecule has 0 unspecified atom stereocenters. The summed E-state index contributed by atoms with van der Waals surface area (Å²) in [6.07, 6.45) is 0. The Morgan fingerprint density at radius 3 is 2.47 bits per heavy atom. The number of benzene rings is 1. The first-order valence-electron chi connectivity index (χ1n) is 6.37. The second-order valence-corrected chi connectivity index (χ2v) is 4.95. The number of nitrogen functional groups attached to an aromatic ring is 1. The number of anilines is 2. The van der Waals surface area contributed by atoms with E-state index in [0.29, 0.717) is 24.3 Å². The Morgan fingerprint density at radius 1 is 1.37 bits per heavy atom. The molecule has 0 aromatic heterocycles. The Balaban J connectivity index is 3.16. The van der Waals surface area contributed by atoms with Crippen molar-refractivity contribution in [2.24, 2.45) is 0 Å². The summed E-state index contributed by atoms with van der Waals surface area (Å²) in [7, 11) is 3.83. The van der Waals surface area contributed by atoms with E-state index < -0.39 is 0 Å². The molecule has 0 aliphatic carbocycles. The molecule has 19 heavy (non-hydrogen) atoms. The van der Waals surface area contributed by atoms with E-state index in [-0.39, 0.29) is 5.91 Å². The van der Waals surface area contributed by atoms with Crippen LogP contribution in [0.2, 0.25) is 0 Å². The van der Waals surface area contributed by atoms with E-state index in [1.165, 1.54) is 0 Å². The first-order valence-corrected chi connectivity index (χ1v) is 6.37. The van der Waals surface area contributed by atoms with Crippen molar-refractivity contribution in [3.63, 3.8) is 0 Å². The first-order chi connectivity index (χ1) is 8.86. The minimum Gasteiger partial charge on any atom is -0.399 e. The highest BCUT2D eigenvalue weighted by molar-refractivity contribution is 6.00. The zero-order valence-corrected chi connectivity index (χ0v) is 12.2. The third kappa shape index (κ3) is 3.74. The monoisotopic (exact) mass is 261 g/mol. The molecule has 0 aliphatic rings. The summed E-state index contributed by atoms with van der Waals surface area (Å²) in [6.45, 7) is 8.96. The molecule has 4 nitrogen and oxygen atoms in total. The van der Waals surface area contributed by atoms with Gasteiger partial charge in [-0.3, -0.25) is 4.79 Å². The standard InChI is InChI=1S/C15H23N3O/c1-6-18(10-11(2)3)15(19)13-9-12(16)7-8-14(13)17(4)5/h7-9H,2,6,10,16H2,1,3-5H3. The van der Waals surface area contributed by atoms with Gasteiger partial charge in [-0.1, -0.05) is 12.2 Å². The molecule has 1 amide bonds. The van der Waals surface area contributed by atoms with Gasteiger partial charge in [-0.25, -0.2) is 0 Å². The molecule has 2 N–H and O–H groups in total. The van der Waals surface area contributed by atoms with Crippen molar-refractivity contribution in [1.29, 1.82) is 0 Å². The molecule has 1 rings (SSSR count). The zero-order chi connectivity index (χ0) is 14.6. The normalized spacial score (nSPS) is 10.1. The number of nitrogens with two attached hydrogens (primary N) is 1. The van der Waals surface area contributed by atoms with Crippen LogP contribution < -0.4 is 10.6 Å². The van der Waals surface area contributed by atoms with Gasteiger partial charge in [0.25, 0.3) is 5.91 Å². The maximum atomic E-state index is 12.6. The summed E-state index contributed by atoms with van der Waals surface area (Å²) >= 11 is 0. The zero-order valence-electron chi connectivity index (χ0n) is 12.2. The lowest BCUT2D eigenvalue weighted by Gasteiger charge is -2.24. The fourth-order valence-corrected chi connectivity index (χ4v) is 1.94. The Labute approximate surface area is 115 Å². The first kappa shape index (κ1) is 15.1. The molecule has 0 heterocycles. The number of hydrogen-bond acceptors (Lipinski definition) is 3. The minimum atomic E-state index is -0.0125. The maximum absolute atomic E-state index is 12.6. The molecular weight excluding hydrogens is 238 g/mol. The molecule has 0 bridgehead atoms. The molecule has 0 radical (unpaired) electrons. The number of carbonyl (C=O) groups excluding carboxylic acids is 1. The number of likely N-dealkylation sites (N-methyl/N-ethyl adjacent to an activating group) is 1. The topological polar surface area (TPSA) is 49.6 Å². The van der Waals surface area contributed by atoms with E-state index in [0.717, 1.165) is 11.3 Å². The summed E-state index contributed by atoms with van der Waals surface area (Å²) in [6, 6.07) is 5.41. The second-order valence-electron chi connectivity index (χ2n) is 4.95. The Hall–Kier alpha value is -1.97. The smallest absolute Gasteiger partial charge is 0.256 e. The van der Waals surface area contributed by atoms with E-state index in [9.17, 15) is 4.79 Å². The van der Waals surface area contributed by atoms with Gasteiger partial charge in [0.2, 0.25) is 0 Å². The molecule has 0 atom stereocenters. The lowest BCUT2D eigenvalue weighted by atomic mass is 10.1.